The molecule has 0 fully saturated rings. The highest BCUT2D eigenvalue weighted by Crippen LogP contribution is 2.03. The lowest BCUT2D eigenvalue weighted by Crippen LogP contribution is -2.12. The molecule has 0 aliphatic rings. The van der Waals surface area contributed by atoms with Crippen LogP contribution in [0.5, 0.6) is 0 Å². The molecule has 82 valence electrons. The number of aryl methyl sites for hydroxylation is 1. The molecule has 1 aromatic heterocycles. The molecule has 1 aromatic rings. The highest BCUT2D eigenvalue weighted by Gasteiger charge is 2.00. The van der Waals surface area contributed by atoms with E-state index < -0.39 is 0 Å². The van der Waals surface area contributed by atoms with Crippen LogP contribution in [-0.2, 0) is 9.53 Å². The molecule has 0 saturated heterocycles. The van der Waals surface area contributed by atoms with Crippen molar-refractivity contribution in [2.45, 2.75) is 20.3 Å². The van der Waals surface area contributed by atoms with Crippen molar-refractivity contribution in [2.75, 3.05) is 18.5 Å². The number of nitrogens with one attached hydrogen (secondary N) is 1. The highest BCUT2D eigenvalue weighted by molar-refractivity contribution is 5.69. The number of carbonyl (C=O) groups excluding carboxylic acids is 1. The van der Waals surface area contributed by atoms with E-state index in [0.29, 0.717) is 19.6 Å². The Hall–Kier alpha value is -1.58. The Morgan fingerprint density at radius 3 is 3.00 bits per heavy atom. The third-order valence-electron chi connectivity index (χ3n) is 1.83. The molecule has 0 aliphatic carbocycles. The number of hydrogen-bond donors (Lipinski definition) is 1. The molecule has 4 nitrogen and oxygen atoms in total. The number of rotatable bonds is 5. The maximum atomic E-state index is 11.0. The van der Waals surface area contributed by atoms with Gasteiger partial charge in [-0.1, -0.05) is 6.07 Å². The lowest BCUT2D eigenvalue weighted by Gasteiger charge is -2.05. The molecule has 0 aromatic carbocycles. The largest absolute Gasteiger partial charge is 0.466 e. The van der Waals surface area contributed by atoms with Crippen molar-refractivity contribution in [1.29, 1.82) is 0 Å². The lowest BCUT2D eigenvalue weighted by molar-refractivity contribution is -0.142. The highest BCUT2D eigenvalue weighted by atomic mass is 16.5. The van der Waals surface area contributed by atoms with Gasteiger partial charge in [0, 0.05) is 12.2 Å². The minimum absolute atomic E-state index is 0.183. The summed E-state index contributed by atoms with van der Waals surface area (Å²) in [4.78, 5) is 15.3. The summed E-state index contributed by atoms with van der Waals surface area (Å²) < 4.78 is 4.80. The van der Waals surface area contributed by atoms with Gasteiger partial charge in [-0.05, 0) is 26.0 Å². The van der Waals surface area contributed by atoms with Gasteiger partial charge in [-0.2, -0.15) is 0 Å². The van der Waals surface area contributed by atoms with Crippen molar-refractivity contribution < 1.29 is 9.53 Å². The van der Waals surface area contributed by atoms with Crippen LogP contribution in [0, 0.1) is 6.92 Å². The standard InChI is InChI=1S/C11H16N2O2/c1-3-15-11(14)7-8-12-10-6-4-5-9(2)13-10/h4-6H,3,7-8H2,1-2H3,(H,12,13). The van der Waals surface area contributed by atoms with E-state index in [4.69, 9.17) is 4.74 Å². The zero-order valence-electron chi connectivity index (χ0n) is 9.12. The summed E-state index contributed by atoms with van der Waals surface area (Å²) in [5.74, 6) is 0.608. The number of anilines is 1. The number of hydrogen-bond acceptors (Lipinski definition) is 4. The van der Waals surface area contributed by atoms with Gasteiger partial charge >= 0.3 is 5.97 Å². The molecule has 4 heteroatoms. The van der Waals surface area contributed by atoms with Crippen LogP contribution in [-0.4, -0.2) is 24.1 Å². The Balaban J connectivity index is 2.28. The zero-order chi connectivity index (χ0) is 11.1. The molecule has 0 bridgehead atoms. The maximum absolute atomic E-state index is 11.0. The third kappa shape index (κ3) is 4.44. The molecule has 0 spiro atoms. The van der Waals surface area contributed by atoms with Crippen molar-refractivity contribution in [3.8, 4) is 0 Å². The number of carbonyl (C=O) groups is 1. The number of nitrogens with zero attached hydrogens (tertiary/aromatic N) is 1. The summed E-state index contributed by atoms with van der Waals surface area (Å²) in [5, 5.41) is 3.06. The molecule has 1 heterocycles. The number of aromatic nitrogens is 1. The first-order valence-corrected chi connectivity index (χ1v) is 5.05. The van der Waals surface area contributed by atoms with E-state index in [0.717, 1.165) is 11.5 Å². The monoisotopic (exact) mass is 208 g/mol. The molecule has 1 N–H and O–H groups in total. The van der Waals surface area contributed by atoms with Gasteiger partial charge in [0.1, 0.15) is 5.82 Å². The van der Waals surface area contributed by atoms with Gasteiger partial charge in [-0.25, -0.2) is 4.98 Å². The second-order valence-electron chi connectivity index (χ2n) is 3.15. The minimum Gasteiger partial charge on any atom is -0.466 e. The summed E-state index contributed by atoms with van der Waals surface area (Å²) in [5.41, 5.74) is 0.955. The third-order valence-corrected chi connectivity index (χ3v) is 1.83. The second kappa shape index (κ2) is 6.01. The average molecular weight is 208 g/mol. The predicted octanol–water partition coefficient (Wildman–Crippen LogP) is 1.76. The lowest BCUT2D eigenvalue weighted by atomic mass is 10.3. The van der Waals surface area contributed by atoms with Crippen LogP contribution in [0.2, 0.25) is 0 Å². The van der Waals surface area contributed by atoms with Gasteiger partial charge < -0.3 is 10.1 Å². The van der Waals surface area contributed by atoms with Gasteiger partial charge in [0.25, 0.3) is 0 Å². The first-order valence-electron chi connectivity index (χ1n) is 5.05. The molecule has 0 aliphatic heterocycles. The summed E-state index contributed by atoms with van der Waals surface area (Å²) in [6.07, 6.45) is 0.365. The molecule has 0 saturated carbocycles. The molecule has 0 atom stereocenters. The van der Waals surface area contributed by atoms with Crippen LogP contribution in [0.15, 0.2) is 18.2 Å². The summed E-state index contributed by atoms with van der Waals surface area (Å²) in [6.45, 7) is 4.71. The summed E-state index contributed by atoms with van der Waals surface area (Å²) in [6, 6.07) is 5.73. The Morgan fingerprint density at radius 2 is 2.33 bits per heavy atom. The van der Waals surface area contributed by atoms with E-state index in [9.17, 15) is 4.79 Å². The molecule has 0 unspecified atom stereocenters. The van der Waals surface area contributed by atoms with Crippen molar-refractivity contribution >= 4 is 11.8 Å². The predicted molar refractivity (Wildman–Crippen MR) is 58.7 cm³/mol. The fraction of sp³-hybridized carbons (Fsp3) is 0.455. The number of pyridine rings is 1. The van der Waals surface area contributed by atoms with E-state index in [-0.39, 0.29) is 5.97 Å². The Kier molecular flexibility index (Phi) is 4.60. The quantitative estimate of drug-likeness (QED) is 0.749. The van der Waals surface area contributed by atoms with Gasteiger partial charge in [-0.15, -0.1) is 0 Å². The van der Waals surface area contributed by atoms with Crippen LogP contribution in [0.1, 0.15) is 19.0 Å². The average Bonchev–Trinajstić information content (AvgIpc) is 2.18. The number of esters is 1. The molecular weight excluding hydrogens is 192 g/mol. The zero-order valence-corrected chi connectivity index (χ0v) is 9.12. The SMILES string of the molecule is CCOC(=O)CCNc1cccc(C)n1. The smallest absolute Gasteiger partial charge is 0.307 e. The van der Waals surface area contributed by atoms with Crippen LogP contribution in [0.25, 0.3) is 0 Å². The summed E-state index contributed by atoms with van der Waals surface area (Å²) >= 11 is 0. The minimum atomic E-state index is -0.183. The second-order valence-corrected chi connectivity index (χ2v) is 3.15. The fourth-order valence-electron chi connectivity index (χ4n) is 1.17. The molecule has 0 radical (unpaired) electrons. The van der Waals surface area contributed by atoms with Crippen molar-refractivity contribution in [1.82, 2.24) is 4.98 Å². The Morgan fingerprint density at radius 1 is 1.53 bits per heavy atom. The Labute approximate surface area is 89.7 Å². The topological polar surface area (TPSA) is 51.2 Å². The first-order chi connectivity index (χ1) is 7.22. The van der Waals surface area contributed by atoms with Gasteiger partial charge in [-0.3, -0.25) is 4.79 Å². The van der Waals surface area contributed by atoms with E-state index in [1.807, 2.05) is 25.1 Å². The Bertz CT molecular complexity index is 326. The molecule has 15 heavy (non-hydrogen) atoms. The van der Waals surface area contributed by atoms with Crippen LogP contribution >= 0.6 is 0 Å². The van der Waals surface area contributed by atoms with Gasteiger partial charge in [0.15, 0.2) is 0 Å². The number of ether oxygens (including phenoxy) is 1. The van der Waals surface area contributed by atoms with Crippen LogP contribution in [0.3, 0.4) is 0 Å². The van der Waals surface area contributed by atoms with E-state index in [2.05, 4.69) is 10.3 Å². The van der Waals surface area contributed by atoms with E-state index >= 15 is 0 Å². The van der Waals surface area contributed by atoms with E-state index in [1.165, 1.54) is 0 Å². The molecule has 1 rings (SSSR count). The van der Waals surface area contributed by atoms with Crippen molar-refractivity contribution in [2.24, 2.45) is 0 Å². The first kappa shape index (κ1) is 11.5. The van der Waals surface area contributed by atoms with Gasteiger partial charge in [0.2, 0.25) is 0 Å². The van der Waals surface area contributed by atoms with Crippen molar-refractivity contribution in [3.05, 3.63) is 23.9 Å². The van der Waals surface area contributed by atoms with E-state index in [1.54, 1.807) is 6.92 Å². The summed E-state index contributed by atoms with van der Waals surface area (Å²) in [7, 11) is 0. The maximum Gasteiger partial charge on any atom is 0.307 e. The van der Waals surface area contributed by atoms with Crippen molar-refractivity contribution in [3.63, 3.8) is 0 Å². The fourth-order valence-corrected chi connectivity index (χ4v) is 1.17. The molecule has 0 amide bonds. The van der Waals surface area contributed by atoms with Crippen LogP contribution in [0.4, 0.5) is 5.82 Å². The normalized spacial score (nSPS) is 9.73. The van der Waals surface area contributed by atoms with Gasteiger partial charge in [0.05, 0.1) is 13.0 Å². The van der Waals surface area contributed by atoms with Crippen LogP contribution < -0.4 is 5.32 Å². The molecular formula is C11H16N2O2.